The van der Waals surface area contributed by atoms with E-state index in [2.05, 4.69) is 31.1 Å². The summed E-state index contributed by atoms with van der Waals surface area (Å²) in [6.45, 7) is 6.90. The lowest BCUT2D eigenvalue weighted by Crippen LogP contribution is -2.20. The fraction of sp³-hybridized carbons (Fsp3) is 0.385. The molecule has 0 fully saturated rings. The molecule has 0 bridgehead atoms. The van der Waals surface area contributed by atoms with Gasteiger partial charge in [-0.15, -0.1) is 5.10 Å². The minimum atomic E-state index is -0.0911. The average Bonchev–Trinajstić information content (AvgIpc) is 2.59. The molecule has 96 valence electrons. The lowest BCUT2D eigenvalue weighted by molar-refractivity contribution is 0.502. The van der Waals surface area contributed by atoms with E-state index < -0.39 is 0 Å². The molecule has 2 N–H and O–H groups in total. The fourth-order valence-corrected chi connectivity index (χ4v) is 2.23. The van der Waals surface area contributed by atoms with Crippen molar-refractivity contribution in [2.24, 2.45) is 0 Å². The predicted octanol–water partition coefficient (Wildman–Crippen LogP) is 2.86. The van der Waals surface area contributed by atoms with E-state index >= 15 is 0 Å². The third kappa shape index (κ3) is 2.64. The van der Waals surface area contributed by atoms with Gasteiger partial charge in [-0.25, -0.2) is 4.68 Å². The standard InChI is InChI=1S/C13H17ClN4/c1-13(2,3)11-12(15)16-17-18(11)8-9-5-4-6-10(14)7-9/h4-7H,8,15H2,1-3H3. The van der Waals surface area contributed by atoms with Crippen LogP contribution in [0.3, 0.4) is 0 Å². The van der Waals surface area contributed by atoms with Gasteiger partial charge in [0.2, 0.25) is 0 Å². The Morgan fingerprint density at radius 3 is 2.67 bits per heavy atom. The van der Waals surface area contributed by atoms with E-state index in [0.29, 0.717) is 12.4 Å². The summed E-state index contributed by atoms with van der Waals surface area (Å²) < 4.78 is 1.83. The predicted molar refractivity (Wildman–Crippen MR) is 73.7 cm³/mol. The van der Waals surface area contributed by atoms with E-state index in [0.717, 1.165) is 16.3 Å². The number of anilines is 1. The van der Waals surface area contributed by atoms with E-state index in [9.17, 15) is 0 Å². The Morgan fingerprint density at radius 2 is 2.06 bits per heavy atom. The first kappa shape index (κ1) is 12.9. The summed E-state index contributed by atoms with van der Waals surface area (Å²) in [7, 11) is 0. The van der Waals surface area contributed by atoms with Crippen molar-refractivity contribution in [1.29, 1.82) is 0 Å². The van der Waals surface area contributed by atoms with Gasteiger partial charge in [0.1, 0.15) is 0 Å². The third-order valence-electron chi connectivity index (χ3n) is 2.69. The van der Waals surface area contributed by atoms with Crippen molar-refractivity contribution in [3.8, 4) is 0 Å². The zero-order chi connectivity index (χ0) is 13.3. The maximum Gasteiger partial charge on any atom is 0.169 e. The number of rotatable bonds is 2. The molecule has 0 radical (unpaired) electrons. The lowest BCUT2D eigenvalue weighted by atomic mass is 9.92. The van der Waals surface area contributed by atoms with Gasteiger partial charge in [-0.3, -0.25) is 0 Å². The smallest absolute Gasteiger partial charge is 0.169 e. The van der Waals surface area contributed by atoms with Crippen molar-refractivity contribution >= 4 is 17.4 Å². The number of halogens is 1. The Labute approximate surface area is 112 Å². The molecule has 18 heavy (non-hydrogen) atoms. The van der Waals surface area contributed by atoms with Gasteiger partial charge in [-0.2, -0.15) is 0 Å². The molecule has 4 nitrogen and oxygen atoms in total. The van der Waals surface area contributed by atoms with Gasteiger partial charge in [0, 0.05) is 10.4 Å². The Kier molecular flexibility index (Phi) is 3.30. The molecule has 1 heterocycles. The third-order valence-corrected chi connectivity index (χ3v) is 2.93. The molecular formula is C13H17ClN4. The molecule has 0 unspecified atom stereocenters. The molecule has 1 aromatic heterocycles. The van der Waals surface area contributed by atoms with Gasteiger partial charge in [0.05, 0.1) is 12.2 Å². The maximum atomic E-state index is 5.98. The van der Waals surface area contributed by atoms with Crippen LogP contribution in [0.25, 0.3) is 0 Å². The summed E-state index contributed by atoms with van der Waals surface area (Å²) in [5, 5.41) is 8.79. The molecular weight excluding hydrogens is 248 g/mol. The van der Waals surface area contributed by atoms with E-state index in [1.165, 1.54) is 0 Å². The summed E-state index contributed by atoms with van der Waals surface area (Å²) >= 11 is 5.98. The number of benzene rings is 1. The largest absolute Gasteiger partial charge is 0.381 e. The molecule has 1 aromatic carbocycles. The van der Waals surface area contributed by atoms with Crippen LogP contribution >= 0.6 is 11.6 Å². The van der Waals surface area contributed by atoms with Crippen LogP contribution in [0.15, 0.2) is 24.3 Å². The zero-order valence-corrected chi connectivity index (χ0v) is 11.6. The maximum absolute atomic E-state index is 5.98. The van der Waals surface area contributed by atoms with Crippen LogP contribution in [-0.4, -0.2) is 15.0 Å². The fourth-order valence-electron chi connectivity index (χ4n) is 2.02. The second-order valence-electron chi connectivity index (χ2n) is 5.36. The molecule has 0 aliphatic rings. The van der Waals surface area contributed by atoms with Crippen molar-refractivity contribution in [3.05, 3.63) is 40.5 Å². The molecule has 0 saturated carbocycles. The minimum absolute atomic E-state index is 0.0911. The summed E-state index contributed by atoms with van der Waals surface area (Å²) in [6.07, 6.45) is 0. The topological polar surface area (TPSA) is 56.7 Å². The van der Waals surface area contributed by atoms with Crippen LogP contribution in [0.2, 0.25) is 5.02 Å². The molecule has 0 atom stereocenters. The van der Waals surface area contributed by atoms with Gasteiger partial charge in [-0.1, -0.05) is 49.7 Å². The molecule has 5 heteroatoms. The van der Waals surface area contributed by atoms with Gasteiger partial charge in [0.15, 0.2) is 5.82 Å². The van der Waals surface area contributed by atoms with E-state index in [4.69, 9.17) is 17.3 Å². The summed E-state index contributed by atoms with van der Waals surface area (Å²) in [6, 6.07) is 7.71. The molecule has 0 amide bonds. The van der Waals surface area contributed by atoms with Crippen LogP contribution in [0.1, 0.15) is 32.0 Å². The van der Waals surface area contributed by atoms with Gasteiger partial charge in [-0.05, 0) is 17.7 Å². The van der Waals surface area contributed by atoms with Crippen molar-refractivity contribution in [3.63, 3.8) is 0 Å². The molecule has 0 saturated heterocycles. The number of aromatic nitrogens is 3. The molecule has 0 aliphatic carbocycles. The normalized spacial score (nSPS) is 11.8. The molecule has 0 aliphatic heterocycles. The number of hydrogen-bond acceptors (Lipinski definition) is 3. The van der Waals surface area contributed by atoms with Gasteiger partial charge in [0.25, 0.3) is 0 Å². The van der Waals surface area contributed by atoms with Gasteiger partial charge < -0.3 is 5.73 Å². The highest BCUT2D eigenvalue weighted by atomic mass is 35.5. The first-order valence-corrected chi connectivity index (χ1v) is 6.19. The lowest BCUT2D eigenvalue weighted by Gasteiger charge is -2.20. The van der Waals surface area contributed by atoms with E-state index in [1.54, 1.807) is 0 Å². The molecule has 2 rings (SSSR count). The van der Waals surface area contributed by atoms with Crippen molar-refractivity contribution in [2.45, 2.75) is 32.7 Å². The second-order valence-corrected chi connectivity index (χ2v) is 5.80. The minimum Gasteiger partial charge on any atom is -0.381 e. The van der Waals surface area contributed by atoms with Crippen molar-refractivity contribution in [2.75, 3.05) is 5.73 Å². The highest BCUT2D eigenvalue weighted by molar-refractivity contribution is 6.30. The number of nitrogens with zero attached hydrogens (tertiary/aromatic N) is 3. The highest BCUT2D eigenvalue weighted by Gasteiger charge is 2.23. The Bertz CT molecular complexity index is 554. The van der Waals surface area contributed by atoms with Crippen LogP contribution in [-0.2, 0) is 12.0 Å². The summed E-state index contributed by atoms with van der Waals surface area (Å²) in [4.78, 5) is 0. The van der Waals surface area contributed by atoms with Crippen molar-refractivity contribution in [1.82, 2.24) is 15.0 Å². The number of hydrogen-bond donors (Lipinski definition) is 1. The zero-order valence-electron chi connectivity index (χ0n) is 10.8. The van der Waals surface area contributed by atoms with Crippen LogP contribution in [0.5, 0.6) is 0 Å². The van der Waals surface area contributed by atoms with Crippen LogP contribution < -0.4 is 5.73 Å². The SMILES string of the molecule is CC(C)(C)c1c(N)nnn1Cc1cccc(Cl)c1. The summed E-state index contributed by atoms with van der Waals surface area (Å²) in [5.74, 6) is 0.490. The average molecular weight is 265 g/mol. The Morgan fingerprint density at radius 1 is 1.33 bits per heavy atom. The Balaban J connectivity index is 2.36. The van der Waals surface area contributed by atoms with Crippen LogP contribution in [0, 0.1) is 0 Å². The quantitative estimate of drug-likeness (QED) is 0.907. The monoisotopic (exact) mass is 264 g/mol. The second kappa shape index (κ2) is 4.61. The highest BCUT2D eigenvalue weighted by Crippen LogP contribution is 2.26. The van der Waals surface area contributed by atoms with E-state index in [-0.39, 0.29) is 5.41 Å². The van der Waals surface area contributed by atoms with Crippen LogP contribution in [0.4, 0.5) is 5.82 Å². The van der Waals surface area contributed by atoms with Crippen molar-refractivity contribution < 1.29 is 0 Å². The Hall–Kier alpha value is -1.55. The molecule has 2 aromatic rings. The molecule has 0 spiro atoms. The number of nitrogens with two attached hydrogens (primary N) is 1. The van der Waals surface area contributed by atoms with Gasteiger partial charge >= 0.3 is 0 Å². The van der Waals surface area contributed by atoms with E-state index in [1.807, 2.05) is 28.9 Å². The first-order valence-electron chi connectivity index (χ1n) is 5.82. The first-order chi connectivity index (χ1) is 8.38. The summed E-state index contributed by atoms with van der Waals surface area (Å²) in [5.41, 5.74) is 7.83. The number of nitrogen functional groups attached to an aromatic ring is 1.